The lowest BCUT2D eigenvalue weighted by Crippen LogP contribution is -2.52. The third kappa shape index (κ3) is 8.00. The van der Waals surface area contributed by atoms with E-state index in [4.69, 9.17) is 11.6 Å². The van der Waals surface area contributed by atoms with Crippen molar-refractivity contribution in [3.8, 4) is 0 Å². The lowest BCUT2D eigenvalue weighted by molar-refractivity contribution is -0.136. The summed E-state index contributed by atoms with van der Waals surface area (Å²) in [7, 11) is -3.64. The molecule has 1 aromatic heterocycles. The van der Waals surface area contributed by atoms with Crippen molar-refractivity contribution in [1.29, 1.82) is 0 Å². The predicted octanol–water partition coefficient (Wildman–Crippen LogP) is 3.33. The lowest BCUT2D eigenvalue weighted by atomic mass is 9.95. The van der Waals surface area contributed by atoms with Gasteiger partial charge in [0, 0.05) is 89.2 Å². The number of nitrogens with zero attached hydrogens (tertiary/aromatic N) is 7. The summed E-state index contributed by atoms with van der Waals surface area (Å²) in [5.74, 6) is -0.665. The number of piperidine rings is 3. The second-order valence-corrected chi connectivity index (χ2v) is 17.5. The molecule has 3 amide bonds. The first-order valence-corrected chi connectivity index (χ1v) is 20.9. The fraction of sp³-hybridized carbons (Fsp3) is 0.500. The Morgan fingerprint density at radius 3 is 2.31 bits per heavy atom. The molecule has 5 aliphatic heterocycles. The number of piperazine rings is 1. The molecule has 2 N–H and O–H groups in total. The van der Waals surface area contributed by atoms with E-state index in [9.17, 15) is 22.8 Å². The van der Waals surface area contributed by atoms with Crippen LogP contribution in [0, 0.1) is 11.7 Å². The number of nitrogens with one attached hydrogen (secondary N) is 2. The average molecular weight is 794 g/mol. The molecule has 2 aromatic carbocycles. The number of aromatic nitrogens is 2. The molecule has 5 aliphatic rings. The van der Waals surface area contributed by atoms with Gasteiger partial charge in [0.2, 0.25) is 27.8 Å². The number of carbonyl (C=O) groups excluding carboxylic acids is 3. The topological polar surface area (TPSA) is 151 Å². The quantitative estimate of drug-likeness (QED) is 0.307. The van der Waals surface area contributed by atoms with E-state index < -0.39 is 27.8 Å². The third-order valence-electron chi connectivity index (χ3n) is 11.7. The number of carbonyl (C=O) groups is 3. The van der Waals surface area contributed by atoms with Crippen LogP contribution in [0.2, 0.25) is 5.02 Å². The van der Waals surface area contributed by atoms with Gasteiger partial charge in [0.05, 0.1) is 28.0 Å². The maximum absolute atomic E-state index is 15.4. The molecule has 0 saturated carbocycles. The maximum atomic E-state index is 15.4. The number of fused-ring (bicyclic) bond motifs is 1. The van der Waals surface area contributed by atoms with E-state index in [-0.39, 0.29) is 42.8 Å². The Balaban J connectivity index is 0.804. The standard InChI is InChI=1S/C38H45ClFN9O5S/c39-27-21-41-38(42-22-27)43-28-8-12-48(13-9-28)55(53,54)30-3-1-2-29(19-30)46-10-6-25(7-11-46)23-45-14-16-47(17-15-45)34-18-26-24-49(37(52)31(26)20-32(34)40)33-4-5-35(50)44-36(33)51/h1-3,18-22,25,28,33H,4-17,23-24H2,(H,41,42,43)(H,44,50,51). The Kier molecular flexibility index (Phi) is 10.7. The largest absolute Gasteiger partial charge is 0.371 e. The fourth-order valence-electron chi connectivity index (χ4n) is 8.53. The molecule has 55 heavy (non-hydrogen) atoms. The van der Waals surface area contributed by atoms with Crippen molar-refractivity contribution in [3.63, 3.8) is 0 Å². The Labute approximate surface area is 325 Å². The van der Waals surface area contributed by atoms with Crippen LogP contribution in [-0.4, -0.2) is 121 Å². The summed E-state index contributed by atoms with van der Waals surface area (Å²) >= 11 is 5.88. The van der Waals surface area contributed by atoms with Gasteiger partial charge in [-0.1, -0.05) is 17.7 Å². The van der Waals surface area contributed by atoms with E-state index in [2.05, 4.69) is 30.4 Å². The van der Waals surface area contributed by atoms with E-state index >= 15 is 4.39 Å². The minimum atomic E-state index is -3.64. The van der Waals surface area contributed by atoms with Crippen LogP contribution in [0.4, 0.5) is 21.7 Å². The molecule has 3 aromatic rings. The van der Waals surface area contributed by atoms with Gasteiger partial charge < -0.3 is 20.0 Å². The first-order chi connectivity index (χ1) is 26.5. The van der Waals surface area contributed by atoms with Gasteiger partial charge >= 0.3 is 0 Å². The first kappa shape index (κ1) is 37.5. The van der Waals surface area contributed by atoms with Crippen molar-refractivity contribution in [1.82, 2.24) is 29.4 Å². The van der Waals surface area contributed by atoms with E-state index in [1.54, 1.807) is 22.5 Å². The number of sulfonamides is 1. The van der Waals surface area contributed by atoms with Crippen LogP contribution in [0.5, 0.6) is 0 Å². The van der Waals surface area contributed by atoms with Crippen LogP contribution in [0.1, 0.15) is 54.4 Å². The molecule has 4 fully saturated rings. The number of anilines is 3. The Hall–Kier alpha value is -4.38. The third-order valence-corrected chi connectivity index (χ3v) is 13.8. The van der Waals surface area contributed by atoms with E-state index in [1.165, 1.54) is 23.4 Å². The minimum Gasteiger partial charge on any atom is -0.371 e. The first-order valence-electron chi connectivity index (χ1n) is 19.1. The molecule has 0 bridgehead atoms. The molecule has 0 aliphatic carbocycles. The highest BCUT2D eigenvalue weighted by Gasteiger charge is 2.40. The molecular weight excluding hydrogens is 749 g/mol. The summed E-state index contributed by atoms with van der Waals surface area (Å²) < 4.78 is 44.3. The van der Waals surface area contributed by atoms with Crippen LogP contribution in [-0.2, 0) is 26.2 Å². The zero-order valence-corrected chi connectivity index (χ0v) is 32.1. The highest BCUT2D eigenvalue weighted by atomic mass is 35.5. The Morgan fingerprint density at radius 1 is 0.873 bits per heavy atom. The summed E-state index contributed by atoms with van der Waals surface area (Å²) in [5.41, 5.74) is 2.37. The van der Waals surface area contributed by atoms with Crippen LogP contribution in [0.3, 0.4) is 0 Å². The summed E-state index contributed by atoms with van der Waals surface area (Å²) in [6, 6.07) is 9.69. The number of halogens is 2. The highest BCUT2D eigenvalue weighted by Crippen LogP contribution is 2.34. The van der Waals surface area contributed by atoms with Crippen LogP contribution in [0.25, 0.3) is 0 Å². The monoisotopic (exact) mass is 793 g/mol. The number of benzene rings is 2. The number of rotatable bonds is 9. The molecular formula is C38H45ClFN9O5S. The van der Waals surface area contributed by atoms with Gasteiger partial charge in [-0.15, -0.1) is 0 Å². The summed E-state index contributed by atoms with van der Waals surface area (Å²) in [5, 5.41) is 6.04. The van der Waals surface area contributed by atoms with Crippen molar-refractivity contribution < 1.29 is 27.2 Å². The zero-order chi connectivity index (χ0) is 38.3. The summed E-state index contributed by atoms with van der Waals surface area (Å²) in [4.78, 5) is 54.0. The van der Waals surface area contributed by atoms with Crippen LogP contribution >= 0.6 is 11.6 Å². The van der Waals surface area contributed by atoms with Crippen molar-refractivity contribution in [2.75, 3.05) is 74.0 Å². The molecule has 4 saturated heterocycles. The molecule has 14 nitrogen and oxygen atoms in total. The smallest absolute Gasteiger partial charge is 0.255 e. The minimum absolute atomic E-state index is 0.0755. The van der Waals surface area contributed by atoms with E-state index in [0.29, 0.717) is 72.1 Å². The molecule has 0 radical (unpaired) electrons. The SMILES string of the molecule is O=C1CCC(N2Cc3cc(N4CCN(CC5CCN(c6cccc(S(=O)(=O)N7CCC(Nc8ncc(Cl)cn8)CC7)c6)CC5)CC4)c(F)cc3C2=O)C(=O)N1. The van der Waals surface area contributed by atoms with Gasteiger partial charge in [-0.3, -0.25) is 24.6 Å². The lowest BCUT2D eigenvalue weighted by Gasteiger charge is -2.40. The molecule has 8 rings (SSSR count). The van der Waals surface area contributed by atoms with Crippen LogP contribution < -0.4 is 20.4 Å². The van der Waals surface area contributed by atoms with E-state index in [1.807, 2.05) is 17.0 Å². The second-order valence-electron chi connectivity index (χ2n) is 15.1. The van der Waals surface area contributed by atoms with Gasteiger partial charge in [0.1, 0.15) is 11.9 Å². The maximum Gasteiger partial charge on any atom is 0.255 e. The van der Waals surface area contributed by atoms with Crippen molar-refractivity contribution in [3.05, 3.63) is 70.8 Å². The molecule has 0 spiro atoms. The Morgan fingerprint density at radius 2 is 1.60 bits per heavy atom. The predicted molar refractivity (Wildman–Crippen MR) is 205 cm³/mol. The van der Waals surface area contributed by atoms with Gasteiger partial charge in [0.15, 0.2) is 0 Å². The van der Waals surface area contributed by atoms with Crippen LogP contribution in [0.15, 0.2) is 53.7 Å². The zero-order valence-electron chi connectivity index (χ0n) is 30.5. The second kappa shape index (κ2) is 15.6. The Bertz CT molecular complexity index is 2050. The number of amides is 3. The average Bonchev–Trinajstić information content (AvgIpc) is 3.50. The van der Waals surface area contributed by atoms with Gasteiger partial charge in [-0.05, 0) is 73.9 Å². The molecule has 1 atom stereocenters. The summed E-state index contributed by atoms with van der Waals surface area (Å²) in [6.45, 7) is 6.56. The molecule has 6 heterocycles. The van der Waals surface area contributed by atoms with Gasteiger partial charge in [-0.2, -0.15) is 4.31 Å². The van der Waals surface area contributed by atoms with Crippen molar-refractivity contribution in [2.45, 2.75) is 62.0 Å². The number of hydrogen-bond acceptors (Lipinski definition) is 11. The molecule has 292 valence electrons. The fourth-order valence-corrected chi connectivity index (χ4v) is 10.1. The van der Waals surface area contributed by atoms with Gasteiger partial charge in [0.25, 0.3) is 5.91 Å². The summed E-state index contributed by atoms with van der Waals surface area (Å²) in [6.07, 6.45) is 6.78. The van der Waals surface area contributed by atoms with E-state index in [0.717, 1.165) is 51.3 Å². The molecule has 17 heteroatoms. The van der Waals surface area contributed by atoms with Gasteiger partial charge in [-0.25, -0.2) is 22.8 Å². The highest BCUT2D eigenvalue weighted by molar-refractivity contribution is 7.89. The number of hydrogen-bond donors (Lipinski definition) is 2. The number of imide groups is 1. The van der Waals surface area contributed by atoms with Crippen molar-refractivity contribution in [2.24, 2.45) is 5.92 Å². The molecule has 1 unspecified atom stereocenters. The van der Waals surface area contributed by atoms with Crippen molar-refractivity contribution >= 4 is 56.7 Å². The normalized spacial score (nSPS) is 22.3.